The number of hydrogen-bond acceptors (Lipinski definition) is 6. The van der Waals surface area contributed by atoms with Crippen molar-refractivity contribution in [1.29, 1.82) is 0 Å². The Labute approximate surface area is 123 Å². The Morgan fingerprint density at radius 1 is 1.29 bits per heavy atom. The van der Waals surface area contributed by atoms with Crippen molar-refractivity contribution in [1.82, 2.24) is 9.97 Å². The molecule has 1 aromatic heterocycles. The predicted molar refractivity (Wildman–Crippen MR) is 77.6 cm³/mol. The minimum atomic E-state index is -0.720. The third-order valence-electron chi connectivity index (χ3n) is 4.02. The zero-order valence-electron chi connectivity index (χ0n) is 11.9. The van der Waals surface area contributed by atoms with Crippen molar-refractivity contribution in [2.75, 3.05) is 49.2 Å². The Balaban J connectivity index is 1.74. The summed E-state index contributed by atoms with van der Waals surface area (Å²) in [5.74, 6) is 0.494. The number of carboxylic acid groups (broad SMARTS) is 1. The fourth-order valence-electron chi connectivity index (χ4n) is 2.82. The van der Waals surface area contributed by atoms with Gasteiger partial charge in [-0.25, -0.2) is 4.98 Å². The van der Waals surface area contributed by atoms with E-state index in [4.69, 9.17) is 4.74 Å². The molecule has 0 bridgehead atoms. The SMILES string of the molecule is O=C(O)C1CCCN(c2ccnc(N3CCOCC3)n2)C1. The second kappa shape index (κ2) is 6.26. The number of piperidine rings is 1. The van der Waals surface area contributed by atoms with Crippen LogP contribution in [0.1, 0.15) is 12.8 Å². The molecular weight excluding hydrogens is 272 g/mol. The molecule has 0 radical (unpaired) electrons. The highest BCUT2D eigenvalue weighted by Gasteiger charge is 2.26. The van der Waals surface area contributed by atoms with E-state index < -0.39 is 5.97 Å². The number of ether oxygens (including phenoxy) is 1. The van der Waals surface area contributed by atoms with E-state index in [1.165, 1.54) is 0 Å². The van der Waals surface area contributed by atoms with Gasteiger partial charge < -0.3 is 19.6 Å². The maximum Gasteiger partial charge on any atom is 0.308 e. The van der Waals surface area contributed by atoms with Gasteiger partial charge in [0.15, 0.2) is 0 Å². The molecule has 3 rings (SSSR count). The van der Waals surface area contributed by atoms with Crippen molar-refractivity contribution >= 4 is 17.7 Å². The van der Waals surface area contributed by atoms with Gasteiger partial charge in [-0.3, -0.25) is 4.79 Å². The van der Waals surface area contributed by atoms with Crippen LogP contribution in [0, 0.1) is 5.92 Å². The Morgan fingerprint density at radius 3 is 2.86 bits per heavy atom. The molecule has 0 amide bonds. The van der Waals surface area contributed by atoms with Crippen molar-refractivity contribution < 1.29 is 14.6 Å². The summed E-state index contributed by atoms with van der Waals surface area (Å²) in [4.78, 5) is 24.3. The van der Waals surface area contributed by atoms with Gasteiger partial charge in [0, 0.05) is 32.4 Å². The van der Waals surface area contributed by atoms with Crippen LogP contribution in [0.2, 0.25) is 0 Å². The van der Waals surface area contributed by atoms with Gasteiger partial charge in [0.1, 0.15) is 5.82 Å². The summed E-state index contributed by atoms with van der Waals surface area (Å²) in [6, 6.07) is 1.86. The molecule has 1 aromatic rings. The molecule has 0 spiro atoms. The largest absolute Gasteiger partial charge is 0.481 e. The highest BCUT2D eigenvalue weighted by atomic mass is 16.5. The Bertz CT molecular complexity index is 505. The number of aromatic nitrogens is 2. The van der Waals surface area contributed by atoms with E-state index in [1.54, 1.807) is 6.20 Å². The molecule has 114 valence electrons. The van der Waals surface area contributed by atoms with Gasteiger partial charge in [-0.05, 0) is 18.9 Å². The average Bonchev–Trinajstić information content (AvgIpc) is 2.56. The summed E-state index contributed by atoms with van der Waals surface area (Å²) in [5, 5.41) is 9.18. The van der Waals surface area contributed by atoms with Gasteiger partial charge in [0.25, 0.3) is 0 Å². The summed E-state index contributed by atoms with van der Waals surface area (Å²) in [6.07, 6.45) is 3.37. The van der Waals surface area contributed by atoms with Crippen molar-refractivity contribution in [3.63, 3.8) is 0 Å². The van der Waals surface area contributed by atoms with Crippen LogP contribution in [0.5, 0.6) is 0 Å². The third kappa shape index (κ3) is 3.24. The van der Waals surface area contributed by atoms with Crippen LogP contribution in [0.3, 0.4) is 0 Å². The number of carbonyl (C=O) groups is 1. The van der Waals surface area contributed by atoms with E-state index in [-0.39, 0.29) is 5.92 Å². The molecule has 2 saturated heterocycles. The molecular formula is C14H20N4O3. The van der Waals surface area contributed by atoms with Gasteiger partial charge in [-0.15, -0.1) is 0 Å². The lowest BCUT2D eigenvalue weighted by Crippen LogP contribution is -2.40. The Hall–Kier alpha value is -1.89. The van der Waals surface area contributed by atoms with Crippen LogP contribution in [0.15, 0.2) is 12.3 Å². The van der Waals surface area contributed by atoms with Crippen LogP contribution < -0.4 is 9.80 Å². The molecule has 2 fully saturated rings. The fourth-order valence-corrected chi connectivity index (χ4v) is 2.82. The van der Waals surface area contributed by atoms with E-state index in [9.17, 15) is 9.90 Å². The molecule has 0 saturated carbocycles. The van der Waals surface area contributed by atoms with E-state index in [0.717, 1.165) is 38.3 Å². The van der Waals surface area contributed by atoms with Crippen molar-refractivity contribution in [3.8, 4) is 0 Å². The van der Waals surface area contributed by atoms with Crippen molar-refractivity contribution in [2.24, 2.45) is 5.92 Å². The van der Waals surface area contributed by atoms with Crippen LogP contribution >= 0.6 is 0 Å². The first-order valence-electron chi connectivity index (χ1n) is 7.37. The molecule has 0 aromatic carbocycles. The van der Waals surface area contributed by atoms with Gasteiger partial charge >= 0.3 is 5.97 Å². The van der Waals surface area contributed by atoms with Gasteiger partial charge in [0.2, 0.25) is 5.95 Å². The van der Waals surface area contributed by atoms with Crippen LogP contribution in [0.4, 0.5) is 11.8 Å². The summed E-state index contributed by atoms with van der Waals surface area (Å²) < 4.78 is 5.34. The van der Waals surface area contributed by atoms with E-state index in [1.807, 2.05) is 11.0 Å². The first-order valence-corrected chi connectivity index (χ1v) is 7.37. The second-order valence-electron chi connectivity index (χ2n) is 5.44. The molecule has 3 heterocycles. The van der Waals surface area contributed by atoms with Gasteiger partial charge in [-0.1, -0.05) is 0 Å². The molecule has 1 unspecified atom stereocenters. The Kier molecular flexibility index (Phi) is 4.19. The molecule has 1 atom stereocenters. The van der Waals surface area contributed by atoms with Crippen LogP contribution in [-0.2, 0) is 9.53 Å². The molecule has 2 aliphatic heterocycles. The summed E-state index contributed by atoms with van der Waals surface area (Å²) >= 11 is 0. The highest BCUT2D eigenvalue weighted by molar-refractivity contribution is 5.71. The van der Waals surface area contributed by atoms with Gasteiger partial charge in [0.05, 0.1) is 19.1 Å². The number of morpholine rings is 1. The first-order chi connectivity index (χ1) is 10.2. The lowest BCUT2D eigenvalue weighted by molar-refractivity contribution is -0.141. The number of hydrogen-bond donors (Lipinski definition) is 1. The van der Waals surface area contributed by atoms with Gasteiger partial charge in [-0.2, -0.15) is 4.98 Å². The number of aliphatic carboxylic acids is 1. The topological polar surface area (TPSA) is 78.8 Å². The lowest BCUT2D eigenvalue weighted by atomic mass is 9.98. The Morgan fingerprint density at radius 2 is 2.10 bits per heavy atom. The molecule has 7 nitrogen and oxygen atoms in total. The zero-order chi connectivity index (χ0) is 14.7. The van der Waals surface area contributed by atoms with Crippen LogP contribution in [-0.4, -0.2) is 60.4 Å². The number of nitrogens with zero attached hydrogens (tertiary/aromatic N) is 4. The quantitative estimate of drug-likeness (QED) is 0.874. The van der Waals surface area contributed by atoms with Crippen molar-refractivity contribution in [2.45, 2.75) is 12.8 Å². The molecule has 21 heavy (non-hydrogen) atoms. The minimum absolute atomic E-state index is 0.305. The third-order valence-corrected chi connectivity index (χ3v) is 4.02. The van der Waals surface area contributed by atoms with E-state index in [0.29, 0.717) is 25.7 Å². The van der Waals surface area contributed by atoms with E-state index >= 15 is 0 Å². The molecule has 2 aliphatic rings. The number of rotatable bonds is 3. The monoisotopic (exact) mass is 292 g/mol. The lowest BCUT2D eigenvalue weighted by Gasteiger charge is -2.32. The summed E-state index contributed by atoms with van der Waals surface area (Å²) in [5.41, 5.74) is 0. The maximum atomic E-state index is 11.2. The van der Waals surface area contributed by atoms with Crippen molar-refractivity contribution in [3.05, 3.63) is 12.3 Å². The highest BCUT2D eigenvalue weighted by Crippen LogP contribution is 2.23. The minimum Gasteiger partial charge on any atom is -0.481 e. The maximum absolute atomic E-state index is 11.2. The predicted octanol–water partition coefficient (Wildman–Crippen LogP) is 0.614. The standard InChI is InChI=1S/C14H20N4O3/c19-13(20)11-2-1-5-18(10-11)12-3-4-15-14(16-12)17-6-8-21-9-7-17/h3-4,11H,1-2,5-10H2,(H,19,20). The number of anilines is 2. The summed E-state index contributed by atoms with van der Waals surface area (Å²) in [6.45, 7) is 4.34. The van der Waals surface area contributed by atoms with E-state index in [2.05, 4.69) is 14.9 Å². The smallest absolute Gasteiger partial charge is 0.308 e. The molecule has 0 aliphatic carbocycles. The summed E-state index contributed by atoms with van der Waals surface area (Å²) in [7, 11) is 0. The van der Waals surface area contributed by atoms with Crippen LogP contribution in [0.25, 0.3) is 0 Å². The normalized spacial score (nSPS) is 23.1. The molecule has 1 N–H and O–H groups in total. The average molecular weight is 292 g/mol. The zero-order valence-corrected chi connectivity index (χ0v) is 11.9. The second-order valence-corrected chi connectivity index (χ2v) is 5.44. The molecule has 7 heteroatoms. The number of carboxylic acids is 1. The first kappa shape index (κ1) is 14.1. The fraction of sp³-hybridized carbons (Fsp3) is 0.643.